The van der Waals surface area contributed by atoms with Crippen LogP contribution in [0.25, 0.3) is 0 Å². The second-order valence-electron chi connectivity index (χ2n) is 3.40. The summed E-state index contributed by atoms with van der Waals surface area (Å²) in [5, 5.41) is 2.61. The molecular formula is C11H11BrF3NO2. The third-order valence-corrected chi connectivity index (χ3v) is 2.52. The Kier molecular flexibility index (Phi) is 5.01. The molecule has 0 bridgehead atoms. The summed E-state index contributed by atoms with van der Waals surface area (Å²) in [5.41, 5.74) is -1.20. The molecule has 1 rings (SSSR count). The van der Waals surface area contributed by atoms with Crippen molar-refractivity contribution in [2.24, 2.45) is 0 Å². The lowest BCUT2D eigenvalue weighted by molar-refractivity contribution is -0.137. The summed E-state index contributed by atoms with van der Waals surface area (Å²) >= 11 is 3.04. The number of anilines is 1. The summed E-state index contributed by atoms with van der Waals surface area (Å²) in [6.07, 6.45) is -4.45. The van der Waals surface area contributed by atoms with E-state index in [4.69, 9.17) is 4.74 Å². The summed E-state index contributed by atoms with van der Waals surface area (Å²) in [6.45, 7) is 0. The van der Waals surface area contributed by atoms with Crippen molar-refractivity contribution in [3.05, 3.63) is 23.8 Å². The number of halogens is 4. The third-order valence-electron chi connectivity index (χ3n) is 2.13. The van der Waals surface area contributed by atoms with E-state index >= 15 is 0 Å². The van der Waals surface area contributed by atoms with Crippen LogP contribution in [0.1, 0.15) is 12.0 Å². The van der Waals surface area contributed by atoms with Gasteiger partial charge in [0.05, 0.1) is 18.4 Å². The maximum Gasteiger partial charge on any atom is 0.418 e. The highest BCUT2D eigenvalue weighted by atomic mass is 79.9. The molecule has 3 nitrogen and oxygen atoms in total. The van der Waals surface area contributed by atoms with Crippen LogP contribution < -0.4 is 10.1 Å². The van der Waals surface area contributed by atoms with Crippen molar-refractivity contribution in [1.29, 1.82) is 0 Å². The van der Waals surface area contributed by atoms with E-state index in [2.05, 4.69) is 21.2 Å². The van der Waals surface area contributed by atoms with Gasteiger partial charge < -0.3 is 10.1 Å². The monoisotopic (exact) mass is 325 g/mol. The number of methoxy groups -OCH3 is 1. The number of hydrogen-bond acceptors (Lipinski definition) is 2. The van der Waals surface area contributed by atoms with Gasteiger partial charge in [-0.1, -0.05) is 15.9 Å². The first-order chi connectivity index (χ1) is 8.38. The molecule has 1 aromatic rings. The minimum atomic E-state index is -4.55. The Morgan fingerprint density at radius 2 is 2.11 bits per heavy atom. The molecule has 0 fully saturated rings. The van der Waals surface area contributed by atoms with Crippen LogP contribution in [0.5, 0.6) is 5.75 Å². The van der Waals surface area contributed by atoms with Crippen LogP contribution in [0.2, 0.25) is 0 Å². The van der Waals surface area contributed by atoms with Gasteiger partial charge in [-0.15, -0.1) is 0 Å². The summed E-state index contributed by atoms with van der Waals surface area (Å²) in [4.78, 5) is 11.3. The Bertz CT molecular complexity index is 435. The van der Waals surface area contributed by atoms with Crippen LogP contribution in [0, 0.1) is 0 Å². The highest BCUT2D eigenvalue weighted by molar-refractivity contribution is 9.09. The molecule has 0 spiro atoms. The maximum absolute atomic E-state index is 12.8. The van der Waals surface area contributed by atoms with Crippen molar-refractivity contribution in [1.82, 2.24) is 0 Å². The molecule has 1 aromatic carbocycles. The molecule has 1 N–H and O–H groups in total. The number of alkyl halides is 4. The number of rotatable bonds is 4. The second kappa shape index (κ2) is 6.08. The number of carbonyl (C=O) groups is 1. The van der Waals surface area contributed by atoms with Crippen LogP contribution in [-0.2, 0) is 11.0 Å². The Morgan fingerprint density at radius 3 is 2.61 bits per heavy atom. The standard InChI is InChI=1S/C11H11BrF3NO2/c1-18-7-2-3-9(16-10(17)4-5-12)8(6-7)11(13,14)15/h2-3,6H,4-5H2,1H3,(H,16,17). The fraction of sp³-hybridized carbons (Fsp3) is 0.364. The molecule has 0 saturated heterocycles. The Labute approximate surface area is 110 Å². The van der Waals surface area contributed by atoms with Crippen molar-refractivity contribution < 1.29 is 22.7 Å². The Hall–Kier alpha value is -1.24. The number of ether oxygens (including phenoxy) is 1. The average Bonchev–Trinajstić information content (AvgIpc) is 2.28. The van der Waals surface area contributed by atoms with Gasteiger partial charge in [0, 0.05) is 11.8 Å². The predicted octanol–water partition coefficient (Wildman–Crippen LogP) is 3.44. The van der Waals surface area contributed by atoms with Crippen molar-refractivity contribution in [3.8, 4) is 5.75 Å². The van der Waals surface area contributed by atoms with Gasteiger partial charge in [-0.3, -0.25) is 4.79 Å². The molecule has 0 unspecified atom stereocenters. The molecule has 0 saturated carbocycles. The summed E-state index contributed by atoms with van der Waals surface area (Å²) in [6, 6.07) is 3.39. The molecule has 7 heteroatoms. The van der Waals surface area contributed by atoms with E-state index in [1.807, 2.05) is 0 Å². The predicted molar refractivity (Wildman–Crippen MR) is 65.0 cm³/mol. The Morgan fingerprint density at radius 1 is 1.44 bits per heavy atom. The van der Waals surface area contributed by atoms with Gasteiger partial charge in [0.1, 0.15) is 5.75 Å². The zero-order chi connectivity index (χ0) is 13.8. The van der Waals surface area contributed by atoms with E-state index < -0.39 is 17.6 Å². The summed E-state index contributed by atoms with van der Waals surface area (Å²) in [7, 11) is 1.28. The first kappa shape index (κ1) is 14.8. The van der Waals surface area contributed by atoms with Gasteiger partial charge in [0.25, 0.3) is 0 Å². The number of hydrogen-bond donors (Lipinski definition) is 1. The van der Waals surface area contributed by atoms with Crippen molar-refractivity contribution in [3.63, 3.8) is 0 Å². The van der Waals surface area contributed by atoms with E-state index in [0.717, 1.165) is 6.07 Å². The van der Waals surface area contributed by atoms with Crippen LogP contribution in [-0.4, -0.2) is 18.3 Å². The lowest BCUT2D eigenvalue weighted by Gasteiger charge is -2.14. The normalized spacial score (nSPS) is 11.2. The third kappa shape index (κ3) is 3.90. The number of amides is 1. The highest BCUT2D eigenvalue weighted by Crippen LogP contribution is 2.37. The molecule has 0 heterocycles. The van der Waals surface area contributed by atoms with E-state index in [0.29, 0.717) is 5.33 Å². The molecule has 1 amide bonds. The Balaban J connectivity index is 3.07. The van der Waals surface area contributed by atoms with E-state index in [-0.39, 0.29) is 17.9 Å². The van der Waals surface area contributed by atoms with Crippen LogP contribution in [0.15, 0.2) is 18.2 Å². The van der Waals surface area contributed by atoms with Gasteiger partial charge in [-0.25, -0.2) is 0 Å². The van der Waals surface area contributed by atoms with Crippen LogP contribution in [0.3, 0.4) is 0 Å². The van der Waals surface area contributed by atoms with Gasteiger partial charge in [-0.2, -0.15) is 13.2 Å². The fourth-order valence-electron chi connectivity index (χ4n) is 1.29. The molecule has 0 aliphatic heterocycles. The maximum atomic E-state index is 12.8. The first-order valence-electron chi connectivity index (χ1n) is 4.99. The zero-order valence-electron chi connectivity index (χ0n) is 9.47. The molecule has 0 atom stereocenters. The molecule has 18 heavy (non-hydrogen) atoms. The average molecular weight is 326 g/mol. The lowest BCUT2D eigenvalue weighted by Crippen LogP contribution is -2.16. The van der Waals surface area contributed by atoms with Crippen molar-refractivity contribution in [2.45, 2.75) is 12.6 Å². The second-order valence-corrected chi connectivity index (χ2v) is 4.19. The van der Waals surface area contributed by atoms with E-state index in [1.165, 1.54) is 19.2 Å². The number of nitrogens with one attached hydrogen (secondary N) is 1. The molecule has 0 aliphatic rings. The van der Waals surface area contributed by atoms with Gasteiger partial charge >= 0.3 is 6.18 Å². The lowest BCUT2D eigenvalue weighted by atomic mass is 10.1. The van der Waals surface area contributed by atoms with Crippen molar-refractivity contribution in [2.75, 3.05) is 17.8 Å². The van der Waals surface area contributed by atoms with Crippen LogP contribution >= 0.6 is 15.9 Å². The van der Waals surface area contributed by atoms with Crippen molar-refractivity contribution >= 4 is 27.5 Å². The zero-order valence-corrected chi connectivity index (χ0v) is 11.1. The fourth-order valence-corrected chi connectivity index (χ4v) is 1.65. The topological polar surface area (TPSA) is 38.3 Å². The largest absolute Gasteiger partial charge is 0.497 e. The number of carbonyl (C=O) groups excluding carboxylic acids is 1. The van der Waals surface area contributed by atoms with E-state index in [1.54, 1.807) is 0 Å². The molecule has 0 aliphatic carbocycles. The summed E-state index contributed by atoms with van der Waals surface area (Å²) < 4.78 is 43.1. The van der Waals surface area contributed by atoms with Gasteiger partial charge in [-0.05, 0) is 18.2 Å². The van der Waals surface area contributed by atoms with Crippen LogP contribution in [0.4, 0.5) is 18.9 Å². The molecular weight excluding hydrogens is 315 g/mol. The SMILES string of the molecule is COc1ccc(NC(=O)CCBr)c(C(F)(F)F)c1. The minimum Gasteiger partial charge on any atom is -0.497 e. The smallest absolute Gasteiger partial charge is 0.418 e. The molecule has 0 aromatic heterocycles. The minimum absolute atomic E-state index is 0.0841. The molecule has 100 valence electrons. The molecule has 0 radical (unpaired) electrons. The van der Waals surface area contributed by atoms with E-state index in [9.17, 15) is 18.0 Å². The van der Waals surface area contributed by atoms with Gasteiger partial charge in [0.15, 0.2) is 0 Å². The number of benzene rings is 1. The quantitative estimate of drug-likeness (QED) is 0.861. The highest BCUT2D eigenvalue weighted by Gasteiger charge is 2.34. The first-order valence-corrected chi connectivity index (χ1v) is 6.11. The van der Waals surface area contributed by atoms with Gasteiger partial charge in [0.2, 0.25) is 5.91 Å². The summed E-state index contributed by atoms with van der Waals surface area (Å²) in [5.74, 6) is -0.400.